The van der Waals surface area contributed by atoms with Crippen LogP contribution in [0.3, 0.4) is 0 Å². The number of amides is 1. The zero-order chi connectivity index (χ0) is 20.4. The quantitative estimate of drug-likeness (QED) is 0.305. The number of hydrogen-bond acceptors (Lipinski definition) is 5. The van der Waals surface area contributed by atoms with E-state index in [4.69, 9.17) is 14.2 Å². The van der Waals surface area contributed by atoms with Gasteiger partial charge in [-0.15, -0.1) is 24.0 Å². The van der Waals surface area contributed by atoms with Crippen LogP contribution in [0.4, 0.5) is 0 Å². The van der Waals surface area contributed by atoms with E-state index in [2.05, 4.69) is 10.3 Å². The Bertz CT molecular complexity index is 634. The molecule has 2 rings (SSSR count). The molecule has 29 heavy (non-hydrogen) atoms. The first-order chi connectivity index (χ1) is 13.5. The maximum absolute atomic E-state index is 11.9. The first kappa shape index (κ1) is 25.3. The number of ether oxygens (including phenoxy) is 3. The van der Waals surface area contributed by atoms with Crippen molar-refractivity contribution in [2.24, 2.45) is 4.99 Å². The minimum Gasteiger partial charge on any atom is -0.497 e. The molecule has 164 valence electrons. The smallest absolute Gasteiger partial charge is 0.243 e. The van der Waals surface area contributed by atoms with Crippen LogP contribution in [0.25, 0.3) is 0 Å². The molecule has 8 nitrogen and oxygen atoms in total. The van der Waals surface area contributed by atoms with E-state index >= 15 is 0 Å². The molecule has 1 atom stereocenters. The topological polar surface area (TPSA) is 75.6 Å². The van der Waals surface area contributed by atoms with Gasteiger partial charge in [0.15, 0.2) is 5.96 Å². The maximum Gasteiger partial charge on any atom is 0.243 e. The fraction of sp³-hybridized carbons (Fsp3) is 0.600. The number of guanidine groups is 1. The Kier molecular flexibility index (Phi) is 11.7. The summed E-state index contributed by atoms with van der Waals surface area (Å²) in [4.78, 5) is 19.9. The first-order valence-corrected chi connectivity index (χ1v) is 9.57. The number of methoxy groups -OCH3 is 1. The Morgan fingerprint density at radius 1 is 1.24 bits per heavy atom. The van der Waals surface area contributed by atoms with Crippen molar-refractivity contribution in [3.8, 4) is 11.5 Å². The maximum atomic E-state index is 11.9. The normalized spacial score (nSPS) is 16.0. The fourth-order valence-electron chi connectivity index (χ4n) is 2.68. The van der Waals surface area contributed by atoms with E-state index in [1.807, 2.05) is 36.2 Å². The SMILES string of the molecule is COc1ccc(OCCN(C)C(=NCC(=O)N(C)C)NCC2CCCO2)cc1.I. The van der Waals surface area contributed by atoms with Crippen LogP contribution in [0.2, 0.25) is 0 Å². The van der Waals surface area contributed by atoms with Gasteiger partial charge in [0.25, 0.3) is 0 Å². The number of nitrogens with zero attached hydrogens (tertiary/aromatic N) is 3. The zero-order valence-corrected chi connectivity index (χ0v) is 20.0. The molecule has 1 fully saturated rings. The minimum atomic E-state index is -0.0423. The van der Waals surface area contributed by atoms with Gasteiger partial charge in [-0.3, -0.25) is 4.79 Å². The fourth-order valence-corrected chi connectivity index (χ4v) is 2.68. The second-order valence-electron chi connectivity index (χ2n) is 6.89. The van der Waals surface area contributed by atoms with Gasteiger partial charge >= 0.3 is 0 Å². The van der Waals surface area contributed by atoms with Gasteiger partial charge in [-0.2, -0.15) is 0 Å². The Balaban J connectivity index is 0.00000420. The number of halogens is 1. The summed E-state index contributed by atoms with van der Waals surface area (Å²) in [6.07, 6.45) is 2.32. The number of benzene rings is 1. The van der Waals surface area contributed by atoms with Gasteiger partial charge in [-0.1, -0.05) is 0 Å². The summed E-state index contributed by atoms with van der Waals surface area (Å²) in [7, 11) is 7.02. The lowest BCUT2D eigenvalue weighted by molar-refractivity contribution is -0.127. The standard InChI is InChI=1S/C20H32N4O4.HI/c1-23(2)19(25)15-22-20(21-14-18-6-5-12-27-18)24(3)11-13-28-17-9-7-16(26-4)8-10-17;/h7-10,18H,5-6,11-15H2,1-4H3,(H,21,22);1H. The number of carbonyl (C=O) groups is 1. The third-order valence-corrected chi connectivity index (χ3v) is 4.49. The lowest BCUT2D eigenvalue weighted by Gasteiger charge is -2.24. The summed E-state index contributed by atoms with van der Waals surface area (Å²) in [6.45, 7) is 2.71. The van der Waals surface area contributed by atoms with Gasteiger partial charge in [0, 0.05) is 34.3 Å². The van der Waals surface area contributed by atoms with Gasteiger partial charge in [0.1, 0.15) is 24.7 Å². The summed E-state index contributed by atoms with van der Waals surface area (Å²) in [5.41, 5.74) is 0. The Morgan fingerprint density at radius 3 is 2.52 bits per heavy atom. The number of carbonyl (C=O) groups excluding carboxylic acids is 1. The van der Waals surface area contributed by atoms with E-state index in [0.29, 0.717) is 25.7 Å². The lowest BCUT2D eigenvalue weighted by Crippen LogP contribution is -2.44. The van der Waals surface area contributed by atoms with Crippen molar-refractivity contribution in [2.75, 3.05) is 61.1 Å². The highest BCUT2D eigenvalue weighted by Crippen LogP contribution is 2.16. The molecule has 1 unspecified atom stereocenters. The molecule has 1 N–H and O–H groups in total. The predicted octanol–water partition coefficient (Wildman–Crippen LogP) is 1.84. The van der Waals surface area contributed by atoms with Gasteiger partial charge in [0.2, 0.25) is 5.91 Å². The monoisotopic (exact) mass is 520 g/mol. The molecule has 1 heterocycles. The summed E-state index contributed by atoms with van der Waals surface area (Å²) in [5.74, 6) is 2.20. The molecule has 0 saturated carbocycles. The third kappa shape index (κ3) is 9.07. The summed E-state index contributed by atoms with van der Waals surface area (Å²) >= 11 is 0. The number of rotatable bonds is 9. The van der Waals surface area contributed by atoms with Crippen LogP contribution in [-0.4, -0.2) is 88.9 Å². The second-order valence-corrected chi connectivity index (χ2v) is 6.89. The Morgan fingerprint density at radius 2 is 1.93 bits per heavy atom. The highest BCUT2D eigenvalue weighted by molar-refractivity contribution is 14.0. The van der Waals surface area contributed by atoms with Gasteiger partial charge in [-0.25, -0.2) is 4.99 Å². The molecule has 0 spiro atoms. The molecule has 1 aliphatic heterocycles. The number of aliphatic imine (C=N–C) groups is 1. The van der Waals surface area contributed by atoms with E-state index in [9.17, 15) is 4.79 Å². The molecular weight excluding hydrogens is 487 g/mol. The lowest BCUT2D eigenvalue weighted by atomic mass is 10.2. The molecule has 0 aromatic heterocycles. The van der Waals surface area contributed by atoms with Crippen molar-refractivity contribution >= 4 is 35.8 Å². The summed E-state index contributed by atoms with van der Waals surface area (Å²) in [5, 5.41) is 3.33. The van der Waals surface area contributed by atoms with Crippen LogP contribution in [0.15, 0.2) is 29.3 Å². The van der Waals surface area contributed by atoms with Crippen molar-refractivity contribution in [1.82, 2.24) is 15.1 Å². The van der Waals surface area contributed by atoms with Gasteiger partial charge in [0.05, 0.1) is 19.8 Å². The van der Waals surface area contributed by atoms with E-state index in [-0.39, 0.29) is 42.5 Å². The molecule has 9 heteroatoms. The van der Waals surface area contributed by atoms with Gasteiger partial charge in [-0.05, 0) is 37.1 Å². The molecule has 0 radical (unpaired) electrons. The number of likely N-dealkylation sites (N-methyl/N-ethyl adjacent to an activating group) is 2. The van der Waals surface area contributed by atoms with E-state index in [1.165, 1.54) is 4.90 Å². The van der Waals surface area contributed by atoms with E-state index in [1.54, 1.807) is 21.2 Å². The third-order valence-electron chi connectivity index (χ3n) is 4.49. The Labute approximate surface area is 190 Å². The van der Waals surface area contributed by atoms with Crippen LogP contribution in [0.5, 0.6) is 11.5 Å². The highest BCUT2D eigenvalue weighted by Gasteiger charge is 2.17. The predicted molar refractivity (Wildman–Crippen MR) is 125 cm³/mol. The van der Waals surface area contributed by atoms with Gasteiger partial charge < -0.3 is 29.3 Å². The molecule has 1 aromatic rings. The minimum absolute atomic E-state index is 0. The largest absolute Gasteiger partial charge is 0.497 e. The van der Waals surface area contributed by atoms with Crippen molar-refractivity contribution in [1.29, 1.82) is 0 Å². The number of nitrogens with one attached hydrogen (secondary N) is 1. The Hall–Kier alpha value is -1.75. The van der Waals surface area contributed by atoms with Crippen molar-refractivity contribution < 1.29 is 19.0 Å². The molecule has 1 saturated heterocycles. The van der Waals surface area contributed by atoms with E-state index in [0.717, 1.165) is 30.9 Å². The van der Waals surface area contributed by atoms with Crippen LogP contribution in [-0.2, 0) is 9.53 Å². The number of hydrogen-bond donors (Lipinski definition) is 1. The molecular formula is C20H33IN4O4. The summed E-state index contributed by atoms with van der Waals surface area (Å²) < 4.78 is 16.6. The average molecular weight is 520 g/mol. The van der Waals surface area contributed by atoms with Crippen LogP contribution < -0.4 is 14.8 Å². The van der Waals surface area contributed by atoms with Crippen molar-refractivity contribution in [3.05, 3.63) is 24.3 Å². The molecule has 1 amide bonds. The van der Waals surface area contributed by atoms with Crippen molar-refractivity contribution in [2.45, 2.75) is 18.9 Å². The highest BCUT2D eigenvalue weighted by atomic mass is 127. The summed E-state index contributed by atoms with van der Waals surface area (Å²) in [6, 6.07) is 7.47. The van der Waals surface area contributed by atoms with Crippen LogP contribution >= 0.6 is 24.0 Å². The van der Waals surface area contributed by atoms with Crippen LogP contribution in [0, 0.1) is 0 Å². The molecule has 0 bridgehead atoms. The molecule has 1 aliphatic rings. The molecule has 1 aromatic carbocycles. The molecule has 0 aliphatic carbocycles. The average Bonchev–Trinajstić information content (AvgIpc) is 3.21. The van der Waals surface area contributed by atoms with Crippen molar-refractivity contribution in [3.63, 3.8) is 0 Å². The first-order valence-electron chi connectivity index (χ1n) is 9.57. The van der Waals surface area contributed by atoms with E-state index < -0.39 is 0 Å². The second kappa shape index (κ2) is 13.5. The van der Waals surface area contributed by atoms with Crippen LogP contribution in [0.1, 0.15) is 12.8 Å². The zero-order valence-electron chi connectivity index (χ0n) is 17.7.